The van der Waals surface area contributed by atoms with Gasteiger partial charge in [0.05, 0.1) is 0 Å². The minimum Gasteiger partial charge on any atom is -0.371 e. The van der Waals surface area contributed by atoms with Gasteiger partial charge in [0.15, 0.2) is 0 Å². The zero-order valence-electron chi connectivity index (χ0n) is 23.1. The van der Waals surface area contributed by atoms with E-state index in [1.54, 1.807) is 0 Å². The number of rotatable bonds is 5. The molecule has 6 heteroatoms. The van der Waals surface area contributed by atoms with Crippen LogP contribution in [0.1, 0.15) is 79.2 Å². The average Bonchev–Trinajstić information content (AvgIpc) is 3.51. The third-order valence-corrected chi connectivity index (χ3v) is 8.56. The van der Waals surface area contributed by atoms with Gasteiger partial charge in [-0.2, -0.15) is 10.1 Å². The Morgan fingerprint density at radius 3 is 2.39 bits per heavy atom. The van der Waals surface area contributed by atoms with Crippen molar-refractivity contribution in [1.29, 1.82) is 0 Å². The fraction of sp³-hybridized carbons (Fsp3) is 0.500. The van der Waals surface area contributed by atoms with Crippen molar-refractivity contribution in [3.05, 3.63) is 76.9 Å². The third-order valence-electron chi connectivity index (χ3n) is 8.56. The SMILES string of the molecule is Cc1nc2nc(C)c(CC3CCN(c4ccccc(C5CCCCC(C=O)CC5)cccc4)C3)c(C)n2n1. The first-order chi connectivity index (χ1) is 18.5. The minimum atomic E-state index is 0.242. The lowest BCUT2D eigenvalue weighted by atomic mass is 9.83. The van der Waals surface area contributed by atoms with Crippen LogP contribution in [0.3, 0.4) is 0 Å². The molecule has 1 aliphatic heterocycles. The van der Waals surface area contributed by atoms with Crippen LogP contribution in [-0.2, 0) is 11.2 Å². The maximum Gasteiger partial charge on any atom is 0.252 e. The molecule has 2 fully saturated rings. The lowest BCUT2D eigenvalue weighted by molar-refractivity contribution is -0.111. The summed E-state index contributed by atoms with van der Waals surface area (Å²) in [6.07, 6.45) is 10.1. The van der Waals surface area contributed by atoms with Crippen LogP contribution >= 0.6 is 0 Å². The molecule has 1 saturated carbocycles. The first kappa shape index (κ1) is 26.3. The molecule has 3 unspecified atom stereocenters. The Morgan fingerprint density at radius 1 is 0.895 bits per heavy atom. The van der Waals surface area contributed by atoms with Gasteiger partial charge >= 0.3 is 0 Å². The fourth-order valence-corrected chi connectivity index (χ4v) is 6.33. The van der Waals surface area contributed by atoms with Gasteiger partial charge in [-0.05, 0) is 94.4 Å². The number of aryl methyl sites for hydroxylation is 3. The first-order valence-electron chi connectivity index (χ1n) is 14.3. The predicted molar refractivity (Wildman–Crippen MR) is 153 cm³/mol. The van der Waals surface area contributed by atoms with Crippen molar-refractivity contribution in [2.45, 2.75) is 78.1 Å². The highest BCUT2D eigenvalue weighted by Gasteiger charge is 2.25. The van der Waals surface area contributed by atoms with Crippen molar-refractivity contribution in [3.8, 4) is 0 Å². The summed E-state index contributed by atoms with van der Waals surface area (Å²) >= 11 is 0. The fourth-order valence-electron chi connectivity index (χ4n) is 6.33. The van der Waals surface area contributed by atoms with Crippen LogP contribution in [0.15, 0.2) is 48.5 Å². The normalized spacial score (nSPS) is 22.1. The highest BCUT2D eigenvalue weighted by Crippen LogP contribution is 2.32. The van der Waals surface area contributed by atoms with Gasteiger partial charge in [0, 0.05) is 36.1 Å². The molecule has 38 heavy (non-hydrogen) atoms. The molecule has 1 aromatic carbocycles. The molecule has 0 N–H and O–H groups in total. The van der Waals surface area contributed by atoms with Gasteiger partial charge in [-0.3, -0.25) is 0 Å². The Bertz CT molecular complexity index is 1300. The maximum atomic E-state index is 11.4. The summed E-state index contributed by atoms with van der Waals surface area (Å²) in [6.45, 7) is 8.26. The summed E-state index contributed by atoms with van der Waals surface area (Å²) in [6, 6.07) is 17.8. The largest absolute Gasteiger partial charge is 0.371 e. The molecule has 1 saturated heterocycles. The van der Waals surface area contributed by atoms with Crippen molar-refractivity contribution in [2.24, 2.45) is 11.8 Å². The maximum absolute atomic E-state index is 11.4. The smallest absolute Gasteiger partial charge is 0.252 e. The van der Waals surface area contributed by atoms with Gasteiger partial charge in [-0.25, -0.2) is 9.50 Å². The zero-order chi connectivity index (χ0) is 26.5. The van der Waals surface area contributed by atoms with Gasteiger partial charge in [0.1, 0.15) is 12.1 Å². The van der Waals surface area contributed by atoms with E-state index >= 15 is 0 Å². The van der Waals surface area contributed by atoms with E-state index in [0.29, 0.717) is 17.6 Å². The van der Waals surface area contributed by atoms with Crippen molar-refractivity contribution >= 4 is 17.8 Å². The molecule has 3 heterocycles. The summed E-state index contributed by atoms with van der Waals surface area (Å²) < 4.78 is 1.90. The van der Waals surface area contributed by atoms with E-state index < -0.39 is 0 Å². The first-order valence-corrected chi connectivity index (χ1v) is 14.3. The van der Waals surface area contributed by atoms with Crippen molar-refractivity contribution in [3.63, 3.8) is 0 Å². The molecule has 0 amide bonds. The molecule has 0 bridgehead atoms. The second-order valence-corrected chi connectivity index (χ2v) is 11.3. The Hall–Kier alpha value is -3.28. The van der Waals surface area contributed by atoms with Crippen molar-refractivity contribution < 1.29 is 4.79 Å². The summed E-state index contributed by atoms with van der Waals surface area (Å²) in [5.41, 5.74) is 6.18. The Labute approximate surface area is 226 Å². The van der Waals surface area contributed by atoms with Crippen molar-refractivity contribution in [1.82, 2.24) is 19.6 Å². The molecule has 0 spiro atoms. The number of carbonyl (C=O) groups excluding carboxylic acids is 1. The van der Waals surface area contributed by atoms with Crippen LogP contribution in [0.2, 0.25) is 0 Å². The van der Waals surface area contributed by atoms with E-state index in [4.69, 9.17) is 4.98 Å². The van der Waals surface area contributed by atoms with Crippen LogP contribution in [0.5, 0.6) is 0 Å². The lowest BCUT2D eigenvalue weighted by Gasteiger charge is -2.22. The number of aldehydes is 1. The number of carbonyl (C=O) groups is 1. The lowest BCUT2D eigenvalue weighted by Crippen LogP contribution is -2.20. The Balaban J connectivity index is 1.28. The van der Waals surface area contributed by atoms with Gasteiger partial charge < -0.3 is 9.69 Å². The van der Waals surface area contributed by atoms with E-state index in [-0.39, 0.29) is 5.92 Å². The number of fused-ring (bicyclic) bond motifs is 1. The summed E-state index contributed by atoms with van der Waals surface area (Å²) in [5, 5.41) is 4.55. The standard InChI is InChI=1S/C32H41N5O/c1-23-31(24(2)37-32(33-23)34-25(3)35-37)20-27-18-19-36(21-27)30-14-8-6-11-28(12-7-9-15-30)29-13-5-4-10-26(22-38)16-17-29/h6-9,11-12,14-15,22,26-27,29H,4-5,10,13,16-21H2,1-3H3. The molecular weight excluding hydrogens is 470 g/mol. The van der Waals surface area contributed by atoms with E-state index in [1.807, 2.05) is 11.4 Å². The summed E-state index contributed by atoms with van der Waals surface area (Å²) in [4.78, 5) is 23.0. The molecule has 0 radical (unpaired) electrons. The minimum absolute atomic E-state index is 0.242. The monoisotopic (exact) mass is 511 g/mol. The molecule has 5 rings (SSSR count). The summed E-state index contributed by atoms with van der Waals surface area (Å²) in [5.74, 6) is 2.82. The molecular formula is C32H41N5O. The molecule has 2 aromatic heterocycles. The van der Waals surface area contributed by atoms with E-state index in [0.717, 1.165) is 56.0 Å². The molecule has 2 aliphatic rings. The highest BCUT2D eigenvalue weighted by molar-refractivity contribution is 5.53. The van der Waals surface area contributed by atoms with Gasteiger partial charge in [-0.1, -0.05) is 49.2 Å². The number of anilines is 1. The number of aromatic nitrogens is 4. The second-order valence-electron chi connectivity index (χ2n) is 11.3. The Kier molecular flexibility index (Phi) is 8.35. The van der Waals surface area contributed by atoms with Gasteiger partial charge in [0.2, 0.25) is 0 Å². The highest BCUT2D eigenvalue weighted by atomic mass is 16.1. The molecule has 3 aromatic rings. The van der Waals surface area contributed by atoms with E-state index in [9.17, 15) is 4.79 Å². The number of hydrogen-bond donors (Lipinski definition) is 0. The number of hydrogen-bond acceptors (Lipinski definition) is 5. The zero-order valence-corrected chi connectivity index (χ0v) is 23.1. The Morgan fingerprint density at radius 2 is 1.63 bits per heavy atom. The molecule has 1 aliphatic carbocycles. The predicted octanol–water partition coefficient (Wildman–Crippen LogP) is 6.50. The quantitative estimate of drug-likeness (QED) is 0.366. The molecule has 3 atom stereocenters. The molecule has 200 valence electrons. The summed E-state index contributed by atoms with van der Waals surface area (Å²) in [7, 11) is 0. The van der Waals surface area contributed by atoms with Crippen LogP contribution in [0, 0.1) is 32.6 Å². The van der Waals surface area contributed by atoms with E-state index in [2.05, 4.69) is 77.4 Å². The van der Waals surface area contributed by atoms with Crippen LogP contribution in [0.4, 0.5) is 5.69 Å². The van der Waals surface area contributed by atoms with Gasteiger partial charge in [-0.15, -0.1) is 0 Å². The average molecular weight is 512 g/mol. The second kappa shape index (κ2) is 12.1. The topological polar surface area (TPSA) is 63.4 Å². The van der Waals surface area contributed by atoms with Crippen molar-refractivity contribution in [2.75, 3.05) is 18.0 Å². The van der Waals surface area contributed by atoms with Crippen LogP contribution < -0.4 is 4.90 Å². The molecule has 6 nitrogen and oxygen atoms in total. The van der Waals surface area contributed by atoms with Gasteiger partial charge in [0.25, 0.3) is 5.78 Å². The van der Waals surface area contributed by atoms with E-state index in [1.165, 1.54) is 48.8 Å². The van der Waals surface area contributed by atoms with Crippen LogP contribution in [0.25, 0.3) is 5.78 Å². The van der Waals surface area contributed by atoms with Crippen LogP contribution in [-0.4, -0.2) is 39.0 Å². The number of nitrogens with zero attached hydrogens (tertiary/aromatic N) is 5. The third kappa shape index (κ3) is 6.06.